The van der Waals surface area contributed by atoms with Crippen molar-refractivity contribution in [3.63, 3.8) is 0 Å². The molecular weight excluding hydrogens is 820 g/mol. The van der Waals surface area contributed by atoms with Gasteiger partial charge in [-0.2, -0.15) is 0 Å². The van der Waals surface area contributed by atoms with Crippen LogP contribution in [0.25, 0.3) is 0 Å². The topological polar surface area (TPSA) is 112 Å². The third kappa shape index (κ3) is 20.3. The first-order valence-electron chi connectivity index (χ1n) is 25.7. The molecule has 0 aromatic rings. The molecule has 2 aliphatic carbocycles. The summed E-state index contributed by atoms with van der Waals surface area (Å²) in [6.07, 6.45) is 36.8. The van der Waals surface area contributed by atoms with Gasteiger partial charge in [0, 0.05) is 25.9 Å². The normalized spacial score (nSPS) is 20.6. The number of carbonyl (C=O) groups excluding carboxylic acids is 4. The minimum Gasteiger partial charge on any atom is -0.462 e. The zero-order valence-corrected chi connectivity index (χ0v) is 41.5. The maximum absolute atomic E-state index is 13.3. The number of amides is 2. The van der Waals surface area contributed by atoms with Crippen molar-refractivity contribution in [1.82, 2.24) is 9.57 Å². The van der Waals surface area contributed by atoms with E-state index < -0.39 is 12.7 Å². The number of carbonyl (C=O) groups is 4. The third-order valence-electron chi connectivity index (χ3n) is 13.3. The van der Waals surface area contributed by atoms with Crippen molar-refractivity contribution in [2.24, 2.45) is 23.7 Å². The Balaban J connectivity index is 1.44. The van der Waals surface area contributed by atoms with Gasteiger partial charge in [0.2, 0.25) is 11.8 Å². The SMILES string of the molecule is CCCCCCCCCCCCCCCC(=O)OCC(COP(=S)(OCCN1C(=O)[C@@H]2[C@H](C1=O)[C@H]1C=C[C@@H]2C1)N(CC)CC)OC(=O)CCCCCCCCCCCCCCC. The lowest BCUT2D eigenvalue weighted by Gasteiger charge is -2.33. The maximum Gasteiger partial charge on any atom is 0.306 e. The van der Waals surface area contributed by atoms with Crippen LogP contribution in [0.5, 0.6) is 0 Å². The first-order valence-corrected chi connectivity index (χ1v) is 28.3. The monoisotopic (exact) mass is 909 g/mol. The van der Waals surface area contributed by atoms with E-state index in [2.05, 4.69) is 26.0 Å². The van der Waals surface area contributed by atoms with Gasteiger partial charge in [-0.1, -0.05) is 194 Å². The number of unbranched alkanes of at least 4 members (excludes halogenated alkanes) is 24. The number of imide groups is 1. The van der Waals surface area contributed by atoms with Gasteiger partial charge in [-0.15, -0.1) is 0 Å². The van der Waals surface area contributed by atoms with Crippen molar-refractivity contribution >= 4 is 42.2 Å². The molecule has 3 rings (SSSR count). The standard InChI is InChI=1S/C50H89N2O8PS/c1-5-9-11-13-15-17-19-21-23-25-27-29-31-33-45(53)57-40-44(60-46(54)34-32-30-28-26-24-22-20-18-16-14-12-10-6-2)41-59-61(62,51(7-3)8-4)58-38-37-52-49(55)47-42-35-36-43(39-42)48(47)50(52)56/h35-36,42-44,47-48H,5-34,37-41H2,1-4H3/t42-,43+,44?,47+,48-,61?. The second kappa shape index (κ2) is 32.9. The molecular formula is C50H89N2O8PS. The lowest BCUT2D eigenvalue weighted by Crippen LogP contribution is -2.36. The van der Waals surface area contributed by atoms with Crippen LogP contribution in [0.15, 0.2) is 12.2 Å². The molecule has 2 bridgehead atoms. The summed E-state index contributed by atoms with van der Waals surface area (Å²) in [5, 5.41) is 0. The van der Waals surface area contributed by atoms with E-state index in [9.17, 15) is 19.2 Å². The summed E-state index contributed by atoms with van der Waals surface area (Å²) in [6.45, 7) is 6.40. The van der Waals surface area contributed by atoms with Gasteiger partial charge in [0.1, 0.15) is 6.61 Å². The van der Waals surface area contributed by atoms with Crippen LogP contribution in [0.1, 0.15) is 214 Å². The Morgan fingerprint density at radius 1 is 0.613 bits per heavy atom. The average molecular weight is 909 g/mol. The Bertz CT molecular complexity index is 1310. The lowest BCUT2D eigenvalue weighted by atomic mass is 9.85. The number of allylic oxidation sites excluding steroid dienone is 2. The Labute approximate surface area is 383 Å². The number of rotatable bonds is 41. The van der Waals surface area contributed by atoms with Crippen LogP contribution >= 0.6 is 6.64 Å². The lowest BCUT2D eigenvalue weighted by molar-refractivity contribution is -0.161. The summed E-state index contributed by atoms with van der Waals surface area (Å²) in [5.41, 5.74) is 0. The summed E-state index contributed by atoms with van der Waals surface area (Å²) in [4.78, 5) is 54.0. The van der Waals surface area contributed by atoms with Crippen molar-refractivity contribution in [2.45, 2.75) is 220 Å². The largest absolute Gasteiger partial charge is 0.462 e. The van der Waals surface area contributed by atoms with E-state index >= 15 is 0 Å². The van der Waals surface area contributed by atoms with Gasteiger partial charge in [0.15, 0.2) is 6.10 Å². The Morgan fingerprint density at radius 3 is 1.44 bits per heavy atom. The van der Waals surface area contributed by atoms with Crippen LogP contribution in [0.2, 0.25) is 0 Å². The van der Waals surface area contributed by atoms with Crippen molar-refractivity contribution in [3.05, 3.63) is 12.2 Å². The zero-order valence-electron chi connectivity index (χ0n) is 39.8. The van der Waals surface area contributed by atoms with Crippen LogP contribution in [-0.4, -0.2) is 78.9 Å². The van der Waals surface area contributed by atoms with Gasteiger partial charge in [-0.05, 0) is 42.9 Å². The molecule has 12 heteroatoms. The smallest absolute Gasteiger partial charge is 0.306 e. The molecule has 2 amide bonds. The predicted molar refractivity (Wildman–Crippen MR) is 255 cm³/mol. The molecule has 3 aliphatic rings. The molecule has 0 aromatic carbocycles. The number of hydrogen-bond donors (Lipinski definition) is 0. The summed E-state index contributed by atoms with van der Waals surface area (Å²) in [5.74, 6) is -1.12. The molecule has 1 aliphatic heterocycles. The van der Waals surface area contributed by atoms with Gasteiger partial charge < -0.3 is 18.5 Å². The van der Waals surface area contributed by atoms with Crippen LogP contribution in [-0.2, 0) is 49.5 Å². The van der Waals surface area contributed by atoms with E-state index in [1.807, 2.05) is 18.5 Å². The van der Waals surface area contributed by atoms with Crippen LogP contribution in [0.4, 0.5) is 0 Å². The summed E-state index contributed by atoms with van der Waals surface area (Å²) in [7, 11) is 0. The minimum absolute atomic E-state index is 0.0467. The molecule has 358 valence electrons. The molecule has 62 heavy (non-hydrogen) atoms. The first kappa shape index (κ1) is 54.7. The molecule has 2 unspecified atom stereocenters. The summed E-state index contributed by atoms with van der Waals surface area (Å²) >= 11 is 6.07. The summed E-state index contributed by atoms with van der Waals surface area (Å²) < 4.78 is 26.2. The number of esters is 2. The van der Waals surface area contributed by atoms with Gasteiger partial charge in [0.25, 0.3) is 6.64 Å². The average Bonchev–Trinajstić information content (AvgIpc) is 3.96. The van der Waals surface area contributed by atoms with Crippen molar-refractivity contribution in [3.8, 4) is 0 Å². The second-order valence-corrected chi connectivity index (χ2v) is 21.7. The first-order chi connectivity index (χ1) is 30.2. The molecule has 0 aromatic heterocycles. The second-order valence-electron chi connectivity index (χ2n) is 18.3. The highest BCUT2D eigenvalue weighted by Gasteiger charge is 2.59. The fourth-order valence-electron chi connectivity index (χ4n) is 9.57. The predicted octanol–water partition coefficient (Wildman–Crippen LogP) is 12.8. The molecule has 0 radical (unpaired) electrons. The molecule has 1 saturated carbocycles. The van der Waals surface area contributed by atoms with Crippen molar-refractivity contribution < 1.29 is 37.7 Å². The van der Waals surface area contributed by atoms with Crippen LogP contribution in [0, 0.1) is 23.7 Å². The Kier molecular flexibility index (Phi) is 29.0. The van der Waals surface area contributed by atoms with Gasteiger partial charge in [0.05, 0.1) is 31.6 Å². The fourth-order valence-corrected chi connectivity index (χ4v) is 12.4. The van der Waals surface area contributed by atoms with E-state index in [1.165, 1.54) is 133 Å². The highest BCUT2D eigenvalue weighted by Crippen LogP contribution is 2.54. The molecule has 1 saturated heterocycles. The van der Waals surface area contributed by atoms with Crippen molar-refractivity contribution in [2.75, 3.05) is 39.5 Å². The number of hydrogen-bond acceptors (Lipinski definition) is 9. The van der Waals surface area contributed by atoms with Gasteiger partial charge >= 0.3 is 11.9 Å². The molecule has 10 nitrogen and oxygen atoms in total. The van der Waals surface area contributed by atoms with E-state index in [1.54, 1.807) is 0 Å². The minimum atomic E-state index is -3.13. The Morgan fingerprint density at radius 2 is 1.02 bits per heavy atom. The molecule has 6 atom stereocenters. The van der Waals surface area contributed by atoms with E-state index in [0.717, 1.165) is 44.9 Å². The molecule has 0 N–H and O–H groups in total. The van der Waals surface area contributed by atoms with Crippen LogP contribution in [0.3, 0.4) is 0 Å². The number of nitrogens with zero attached hydrogens (tertiary/aromatic N) is 2. The number of fused-ring (bicyclic) bond motifs is 5. The summed E-state index contributed by atoms with van der Waals surface area (Å²) in [6, 6.07) is 0. The number of ether oxygens (including phenoxy) is 2. The third-order valence-corrected chi connectivity index (χ3v) is 16.9. The molecule has 0 spiro atoms. The number of likely N-dealkylation sites (tertiary alicyclic amines) is 1. The van der Waals surface area contributed by atoms with E-state index in [0.29, 0.717) is 25.9 Å². The van der Waals surface area contributed by atoms with Crippen molar-refractivity contribution in [1.29, 1.82) is 0 Å². The molecule has 1 heterocycles. The van der Waals surface area contributed by atoms with Crippen LogP contribution < -0.4 is 0 Å². The Hall–Kier alpha value is -1.65. The zero-order chi connectivity index (χ0) is 44.8. The van der Waals surface area contributed by atoms with E-state index in [-0.39, 0.29) is 73.8 Å². The highest BCUT2D eigenvalue weighted by atomic mass is 32.5. The van der Waals surface area contributed by atoms with E-state index in [4.69, 9.17) is 30.3 Å². The van der Waals surface area contributed by atoms with Gasteiger partial charge in [-0.3, -0.25) is 24.1 Å². The highest BCUT2D eigenvalue weighted by molar-refractivity contribution is 8.08. The molecule has 2 fully saturated rings. The quantitative estimate of drug-likeness (QED) is 0.0193. The van der Waals surface area contributed by atoms with Gasteiger partial charge in [-0.25, -0.2) is 4.67 Å². The maximum atomic E-state index is 13.3. The fraction of sp³-hybridized carbons (Fsp3) is 0.880.